The van der Waals surface area contributed by atoms with Crippen LogP contribution in [-0.4, -0.2) is 33.7 Å². The van der Waals surface area contributed by atoms with E-state index in [-0.39, 0.29) is 23.3 Å². The van der Waals surface area contributed by atoms with E-state index < -0.39 is 0 Å². The summed E-state index contributed by atoms with van der Waals surface area (Å²) in [5.74, 6) is -0.393. The molecule has 0 saturated carbocycles. The number of aromatic hydroxyl groups is 1. The molecule has 2 heterocycles. The van der Waals surface area contributed by atoms with E-state index in [1.54, 1.807) is 12.1 Å². The highest BCUT2D eigenvalue weighted by atomic mass is 32.1. The van der Waals surface area contributed by atoms with Gasteiger partial charge in [0, 0.05) is 17.0 Å². The molecule has 162 valence electrons. The number of amides is 2. The molecule has 0 bridgehead atoms. The summed E-state index contributed by atoms with van der Waals surface area (Å²) in [4.78, 5) is 26.8. The van der Waals surface area contributed by atoms with Crippen molar-refractivity contribution in [3.63, 3.8) is 0 Å². The number of aromatic amines is 1. The first-order chi connectivity index (χ1) is 14.9. The van der Waals surface area contributed by atoms with E-state index in [9.17, 15) is 14.7 Å². The molecule has 0 spiro atoms. The SMILES string of the molecule is CCNC(=O)c1c(NC(=O)c2cc(-c3c(C)cc(C)cc3O)n[nH]2)sc2c1CCCC2. The Morgan fingerprint density at radius 2 is 1.94 bits per heavy atom. The number of carbonyl (C=O) groups excluding carboxylic acids is 2. The summed E-state index contributed by atoms with van der Waals surface area (Å²) in [6, 6.07) is 5.25. The molecule has 4 N–H and O–H groups in total. The van der Waals surface area contributed by atoms with Gasteiger partial charge in [0.2, 0.25) is 0 Å². The molecule has 0 aliphatic heterocycles. The van der Waals surface area contributed by atoms with Crippen molar-refractivity contribution in [1.82, 2.24) is 15.5 Å². The normalized spacial score (nSPS) is 13.0. The van der Waals surface area contributed by atoms with E-state index >= 15 is 0 Å². The fourth-order valence-corrected chi connectivity index (χ4v) is 5.44. The number of thiophene rings is 1. The van der Waals surface area contributed by atoms with E-state index in [4.69, 9.17) is 0 Å². The van der Waals surface area contributed by atoms with E-state index in [0.717, 1.165) is 42.4 Å². The van der Waals surface area contributed by atoms with Crippen LogP contribution in [0.25, 0.3) is 11.3 Å². The lowest BCUT2D eigenvalue weighted by molar-refractivity contribution is 0.0956. The highest BCUT2D eigenvalue weighted by molar-refractivity contribution is 7.17. The number of benzene rings is 1. The second kappa shape index (κ2) is 8.55. The second-order valence-corrected chi connectivity index (χ2v) is 8.98. The van der Waals surface area contributed by atoms with Gasteiger partial charge in [0.25, 0.3) is 11.8 Å². The summed E-state index contributed by atoms with van der Waals surface area (Å²) >= 11 is 1.48. The van der Waals surface area contributed by atoms with Crippen LogP contribution in [0.5, 0.6) is 5.75 Å². The number of H-pyrrole nitrogens is 1. The lowest BCUT2D eigenvalue weighted by Crippen LogP contribution is -2.25. The number of nitrogens with one attached hydrogen (secondary N) is 3. The minimum atomic E-state index is -0.368. The molecule has 0 fully saturated rings. The fraction of sp³-hybridized carbons (Fsp3) is 0.348. The molecule has 1 aliphatic rings. The van der Waals surface area contributed by atoms with Crippen LogP contribution < -0.4 is 10.6 Å². The van der Waals surface area contributed by atoms with Gasteiger partial charge >= 0.3 is 0 Å². The van der Waals surface area contributed by atoms with Crippen LogP contribution in [-0.2, 0) is 12.8 Å². The molecule has 3 aromatic rings. The van der Waals surface area contributed by atoms with Crippen LogP contribution >= 0.6 is 11.3 Å². The first kappa shape index (κ1) is 21.1. The van der Waals surface area contributed by atoms with E-state index in [1.165, 1.54) is 16.2 Å². The maximum absolute atomic E-state index is 13.0. The predicted octanol–water partition coefficient (Wildman–Crippen LogP) is 4.34. The molecule has 0 unspecified atom stereocenters. The zero-order valence-corrected chi connectivity index (χ0v) is 18.7. The molecule has 1 aliphatic carbocycles. The standard InChI is InChI=1S/C23H26N4O3S/c1-4-24-22(30)20-14-7-5-6-8-18(14)31-23(20)25-21(29)16-11-15(26-27-16)19-13(3)9-12(2)10-17(19)28/h9-11,28H,4-8H2,1-3H3,(H,24,30)(H,25,29)(H,26,27). The molecule has 2 amide bonds. The maximum Gasteiger partial charge on any atom is 0.274 e. The topological polar surface area (TPSA) is 107 Å². The molecule has 1 aromatic carbocycles. The summed E-state index contributed by atoms with van der Waals surface area (Å²) in [6.07, 6.45) is 3.93. The minimum Gasteiger partial charge on any atom is -0.507 e. The van der Waals surface area contributed by atoms with Crippen LogP contribution in [0.2, 0.25) is 0 Å². The van der Waals surface area contributed by atoms with Crippen molar-refractivity contribution in [2.24, 2.45) is 0 Å². The van der Waals surface area contributed by atoms with Crippen LogP contribution in [0.4, 0.5) is 5.00 Å². The summed E-state index contributed by atoms with van der Waals surface area (Å²) in [6.45, 7) is 6.21. The Balaban J connectivity index is 1.63. The van der Waals surface area contributed by atoms with Crippen molar-refractivity contribution in [3.8, 4) is 17.0 Å². The Kier molecular flexibility index (Phi) is 5.82. The number of aryl methyl sites for hydroxylation is 3. The molecular formula is C23H26N4O3S. The van der Waals surface area contributed by atoms with Gasteiger partial charge in [-0.3, -0.25) is 14.7 Å². The number of fused-ring (bicyclic) bond motifs is 1. The number of anilines is 1. The number of hydrogen-bond acceptors (Lipinski definition) is 5. The zero-order chi connectivity index (χ0) is 22.1. The largest absolute Gasteiger partial charge is 0.507 e. The fourth-order valence-electron chi connectivity index (χ4n) is 4.16. The number of nitrogens with zero attached hydrogens (tertiary/aromatic N) is 1. The molecule has 2 aromatic heterocycles. The summed E-state index contributed by atoms with van der Waals surface area (Å²) in [7, 11) is 0. The van der Waals surface area contributed by atoms with Crippen molar-refractivity contribution in [1.29, 1.82) is 0 Å². The van der Waals surface area contributed by atoms with E-state index in [2.05, 4.69) is 20.8 Å². The molecule has 8 heteroatoms. The monoisotopic (exact) mass is 438 g/mol. The Morgan fingerprint density at radius 1 is 1.16 bits per heavy atom. The highest BCUT2D eigenvalue weighted by Gasteiger charge is 2.27. The van der Waals surface area contributed by atoms with Crippen molar-refractivity contribution >= 4 is 28.2 Å². The Hall–Kier alpha value is -3.13. The molecule has 4 rings (SSSR count). The minimum absolute atomic E-state index is 0.125. The van der Waals surface area contributed by atoms with Crippen LogP contribution in [0.15, 0.2) is 18.2 Å². The van der Waals surface area contributed by atoms with Crippen molar-refractivity contribution in [3.05, 3.63) is 51.0 Å². The molecular weight excluding hydrogens is 412 g/mol. The quantitative estimate of drug-likeness (QED) is 0.475. The second-order valence-electron chi connectivity index (χ2n) is 7.87. The number of phenolic OH excluding ortho intramolecular Hbond substituents is 1. The Morgan fingerprint density at radius 3 is 2.68 bits per heavy atom. The molecule has 0 atom stereocenters. The molecule has 0 radical (unpaired) electrons. The Bertz CT molecular complexity index is 1140. The van der Waals surface area contributed by atoms with Crippen LogP contribution in [0.3, 0.4) is 0 Å². The first-order valence-corrected chi connectivity index (χ1v) is 11.3. The number of carbonyl (C=O) groups is 2. The van der Waals surface area contributed by atoms with E-state index in [1.807, 2.05) is 26.8 Å². The lowest BCUT2D eigenvalue weighted by Gasteiger charge is -2.12. The third-order valence-corrected chi connectivity index (χ3v) is 6.71. The number of aromatic nitrogens is 2. The van der Waals surface area contributed by atoms with Gasteiger partial charge in [-0.05, 0) is 75.3 Å². The van der Waals surface area contributed by atoms with Gasteiger partial charge in [0.05, 0.1) is 11.3 Å². The maximum atomic E-state index is 13.0. The summed E-state index contributed by atoms with van der Waals surface area (Å²) in [5, 5.41) is 23.7. The smallest absolute Gasteiger partial charge is 0.274 e. The van der Waals surface area contributed by atoms with Crippen molar-refractivity contribution in [2.45, 2.75) is 46.5 Å². The lowest BCUT2D eigenvalue weighted by atomic mass is 9.95. The van der Waals surface area contributed by atoms with Crippen molar-refractivity contribution < 1.29 is 14.7 Å². The first-order valence-electron chi connectivity index (χ1n) is 10.5. The molecule has 7 nitrogen and oxygen atoms in total. The van der Waals surface area contributed by atoms with Gasteiger partial charge in [0.15, 0.2) is 0 Å². The molecule has 0 saturated heterocycles. The average molecular weight is 439 g/mol. The number of rotatable bonds is 5. The van der Waals surface area contributed by atoms with Gasteiger partial charge in [-0.25, -0.2) is 0 Å². The van der Waals surface area contributed by atoms with Crippen LogP contribution in [0, 0.1) is 13.8 Å². The van der Waals surface area contributed by atoms with Gasteiger partial charge in [0.1, 0.15) is 16.4 Å². The van der Waals surface area contributed by atoms with Gasteiger partial charge in [-0.1, -0.05) is 6.07 Å². The average Bonchev–Trinajstić information content (AvgIpc) is 3.32. The van der Waals surface area contributed by atoms with Gasteiger partial charge < -0.3 is 15.7 Å². The summed E-state index contributed by atoms with van der Waals surface area (Å²) < 4.78 is 0. The van der Waals surface area contributed by atoms with E-state index in [0.29, 0.717) is 28.4 Å². The third kappa shape index (κ3) is 4.07. The van der Waals surface area contributed by atoms with Crippen LogP contribution in [0.1, 0.15) is 62.2 Å². The predicted molar refractivity (Wildman–Crippen MR) is 122 cm³/mol. The van der Waals surface area contributed by atoms with Gasteiger partial charge in [-0.2, -0.15) is 5.10 Å². The number of hydrogen-bond donors (Lipinski definition) is 4. The Labute approximate surface area is 184 Å². The van der Waals surface area contributed by atoms with Gasteiger partial charge in [-0.15, -0.1) is 11.3 Å². The zero-order valence-electron chi connectivity index (χ0n) is 17.9. The third-order valence-electron chi connectivity index (χ3n) is 5.50. The highest BCUT2D eigenvalue weighted by Crippen LogP contribution is 2.38. The summed E-state index contributed by atoms with van der Waals surface area (Å²) in [5.41, 5.74) is 4.82. The molecule has 31 heavy (non-hydrogen) atoms. The number of phenols is 1. The van der Waals surface area contributed by atoms with Crippen molar-refractivity contribution in [2.75, 3.05) is 11.9 Å².